The van der Waals surface area contributed by atoms with E-state index in [1.54, 1.807) is 18.2 Å². The number of hydrogen-bond acceptors (Lipinski definition) is 4. The second kappa shape index (κ2) is 8.42. The fourth-order valence-corrected chi connectivity index (χ4v) is 4.68. The first-order chi connectivity index (χ1) is 14.2. The number of thiocarbonyl (C=S) groups is 1. The van der Waals surface area contributed by atoms with Gasteiger partial charge in [-0.1, -0.05) is 40.9 Å². The van der Waals surface area contributed by atoms with Crippen LogP contribution in [0.5, 0.6) is 0 Å². The molecule has 7 nitrogen and oxygen atoms in total. The SMILES string of the molecule is O=C(NC(NC(=S)N1C[C@@H]2C[C@@H](C1)c1cccc(=O)n1C2)C(Cl)(Cl)Cl)c1ccco1. The molecule has 2 aromatic rings. The van der Waals surface area contributed by atoms with E-state index in [2.05, 4.69) is 10.6 Å². The average Bonchev–Trinajstić information content (AvgIpc) is 3.22. The first-order valence-corrected chi connectivity index (χ1v) is 10.9. The summed E-state index contributed by atoms with van der Waals surface area (Å²) in [5.41, 5.74) is 1.03. The minimum absolute atomic E-state index is 0.0215. The molecule has 2 N–H and O–H groups in total. The number of nitrogens with zero attached hydrogens (tertiary/aromatic N) is 2. The molecule has 0 aromatic carbocycles. The Morgan fingerprint density at radius 3 is 2.67 bits per heavy atom. The molecule has 1 saturated heterocycles. The Balaban J connectivity index is 1.47. The van der Waals surface area contributed by atoms with Crippen molar-refractivity contribution in [3.05, 3.63) is 58.4 Å². The number of hydrogen-bond donors (Lipinski definition) is 2. The molecule has 3 atom stereocenters. The summed E-state index contributed by atoms with van der Waals surface area (Å²) in [5.74, 6) is 0.0158. The van der Waals surface area contributed by atoms with E-state index in [0.29, 0.717) is 24.7 Å². The first kappa shape index (κ1) is 21.5. The maximum absolute atomic E-state index is 12.3. The van der Waals surface area contributed by atoms with E-state index in [1.807, 2.05) is 15.5 Å². The molecule has 1 unspecified atom stereocenters. The van der Waals surface area contributed by atoms with Crippen molar-refractivity contribution in [1.29, 1.82) is 0 Å². The molecule has 0 aliphatic carbocycles. The van der Waals surface area contributed by atoms with Gasteiger partial charge in [-0.05, 0) is 42.8 Å². The quantitative estimate of drug-likeness (QED) is 0.392. The highest BCUT2D eigenvalue weighted by molar-refractivity contribution is 7.80. The van der Waals surface area contributed by atoms with Gasteiger partial charge in [-0.15, -0.1) is 0 Å². The van der Waals surface area contributed by atoms with Gasteiger partial charge in [-0.25, -0.2) is 0 Å². The lowest BCUT2D eigenvalue weighted by Gasteiger charge is -2.44. The van der Waals surface area contributed by atoms with Gasteiger partial charge in [0.2, 0.25) is 3.79 Å². The predicted molar refractivity (Wildman–Crippen MR) is 119 cm³/mol. The Morgan fingerprint density at radius 2 is 1.97 bits per heavy atom. The van der Waals surface area contributed by atoms with Gasteiger partial charge in [-0.2, -0.15) is 0 Å². The molecule has 2 aromatic heterocycles. The monoisotopic (exact) mass is 488 g/mol. The third-order valence-electron chi connectivity index (χ3n) is 5.38. The maximum Gasteiger partial charge on any atom is 0.288 e. The molecule has 2 aliphatic rings. The van der Waals surface area contributed by atoms with Crippen molar-refractivity contribution in [2.45, 2.75) is 28.8 Å². The number of rotatable bonds is 3. The van der Waals surface area contributed by atoms with Crippen LogP contribution in [0.4, 0.5) is 0 Å². The van der Waals surface area contributed by atoms with Gasteiger partial charge >= 0.3 is 0 Å². The number of piperidine rings is 1. The highest BCUT2D eigenvalue weighted by Crippen LogP contribution is 2.35. The number of furan rings is 1. The predicted octanol–water partition coefficient (Wildman–Crippen LogP) is 2.86. The van der Waals surface area contributed by atoms with Gasteiger partial charge in [0.1, 0.15) is 6.17 Å². The summed E-state index contributed by atoms with van der Waals surface area (Å²) in [5, 5.41) is 5.94. The number of aromatic nitrogens is 1. The summed E-state index contributed by atoms with van der Waals surface area (Å²) in [6, 6.07) is 8.45. The summed E-state index contributed by atoms with van der Waals surface area (Å²) in [6.07, 6.45) is 1.31. The van der Waals surface area contributed by atoms with E-state index >= 15 is 0 Å². The largest absolute Gasteiger partial charge is 0.459 e. The smallest absolute Gasteiger partial charge is 0.288 e. The summed E-state index contributed by atoms with van der Waals surface area (Å²) < 4.78 is 5.08. The topological polar surface area (TPSA) is 79.5 Å². The Kier molecular flexibility index (Phi) is 6.03. The Morgan fingerprint density at radius 1 is 1.17 bits per heavy atom. The van der Waals surface area contributed by atoms with Gasteiger partial charge in [0.25, 0.3) is 11.5 Å². The van der Waals surface area contributed by atoms with Crippen LogP contribution in [0.1, 0.15) is 28.6 Å². The number of amides is 1. The van der Waals surface area contributed by atoms with Crippen LogP contribution in [0.2, 0.25) is 0 Å². The third kappa shape index (κ3) is 4.46. The Hall–Kier alpha value is -1.74. The maximum atomic E-state index is 12.3. The zero-order chi connectivity index (χ0) is 21.5. The number of fused-ring (bicyclic) bond motifs is 4. The fourth-order valence-electron chi connectivity index (χ4n) is 4.09. The molecular formula is C19H19Cl3N4O3S. The van der Waals surface area contributed by atoms with Crippen LogP contribution < -0.4 is 16.2 Å². The minimum Gasteiger partial charge on any atom is -0.459 e. The summed E-state index contributed by atoms with van der Waals surface area (Å²) >= 11 is 23.8. The van der Waals surface area contributed by atoms with Crippen LogP contribution in [-0.4, -0.2) is 43.5 Å². The molecule has 4 rings (SSSR count). The molecule has 0 radical (unpaired) electrons. The number of halogens is 3. The molecule has 11 heteroatoms. The van der Waals surface area contributed by atoms with E-state index in [9.17, 15) is 9.59 Å². The van der Waals surface area contributed by atoms with Gasteiger partial charge < -0.3 is 24.5 Å². The standard InChI is InChI=1S/C19H19Cl3N4O3S/c20-19(21,22)17(23-16(28)14-4-2-6-29-14)24-18(30)25-8-11-7-12(10-25)13-3-1-5-15(27)26(13)9-11/h1-6,11-12,17H,7-10H2,(H,23,28)(H,24,30)/t11-,12-,17?/m0/s1. The van der Waals surface area contributed by atoms with Crippen molar-refractivity contribution < 1.29 is 9.21 Å². The van der Waals surface area contributed by atoms with Gasteiger partial charge in [0.15, 0.2) is 10.9 Å². The van der Waals surface area contributed by atoms with Gasteiger partial charge in [0.05, 0.1) is 6.26 Å². The number of carbonyl (C=O) groups excluding carboxylic acids is 1. The Bertz CT molecular complexity index is 1010. The van der Waals surface area contributed by atoms with Crippen LogP contribution >= 0.6 is 47.0 Å². The molecule has 2 aliphatic heterocycles. The van der Waals surface area contributed by atoms with E-state index < -0.39 is 15.9 Å². The normalized spacial score (nSPS) is 21.5. The lowest BCUT2D eigenvalue weighted by molar-refractivity contribution is 0.0904. The number of likely N-dealkylation sites (tertiary alicyclic amines) is 1. The first-order valence-electron chi connectivity index (χ1n) is 9.38. The lowest BCUT2D eigenvalue weighted by Crippen LogP contribution is -2.60. The molecule has 1 fully saturated rings. The van der Waals surface area contributed by atoms with Crippen molar-refractivity contribution in [1.82, 2.24) is 20.1 Å². The molecule has 160 valence electrons. The minimum atomic E-state index is -1.85. The van der Waals surface area contributed by atoms with Crippen LogP contribution in [0.25, 0.3) is 0 Å². The number of alkyl halides is 3. The van der Waals surface area contributed by atoms with Crippen molar-refractivity contribution in [2.24, 2.45) is 5.92 Å². The number of carbonyl (C=O) groups is 1. The van der Waals surface area contributed by atoms with E-state index in [4.69, 9.17) is 51.4 Å². The van der Waals surface area contributed by atoms with Crippen molar-refractivity contribution >= 4 is 58.0 Å². The van der Waals surface area contributed by atoms with Crippen LogP contribution in [-0.2, 0) is 6.54 Å². The number of pyridine rings is 1. The van der Waals surface area contributed by atoms with Crippen molar-refractivity contribution in [3.8, 4) is 0 Å². The molecular weight excluding hydrogens is 471 g/mol. The molecule has 2 bridgehead atoms. The average molecular weight is 490 g/mol. The summed E-state index contributed by atoms with van der Waals surface area (Å²) in [7, 11) is 0. The van der Waals surface area contributed by atoms with E-state index in [1.165, 1.54) is 12.3 Å². The molecule has 1 amide bonds. The van der Waals surface area contributed by atoms with E-state index in [0.717, 1.165) is 12.1 Å². The molecule has 0 saturated carbocycles. The molecule has 30 heavy (non-hydrogen) atoms. The van der Waals surface area contributed by atoms with Crippen LogP contribution in [0.15, 0.2) is 45.8 Å². The Labute approximate surface area is 193 Å². The zero-order valence-electron chi connectivity index (χ0n) is 15.7. The highest BCUT2D eigenvalue weighted by atomic mass is 35.6. The zero-order valence-corrected chi connectivity index (χ0v) is 18.8. The van der Waals surface area contributed by atoms with Crippen LogP contribution in [0, 0.1) is 5.92 Å². The summed E-state index contributed by atoms with van der Waals surface area (Å²) in [6.45, 7) is 1.94. The van der Waals surface area contributed by atoms with Gasteiger partial charge in [0, 0.05) is 37.3 Å². The third-order valence-corrected chi connectivity index (χ3v) is 6.41. The van der Waals surface area contributed by atoms with Crippen LogP contribution in [0.3, 0.4) is 0 Å². The van der Waals surface area contributed by atoms with Crippen molar-refractivity contribution in [2.75, 3.05) is 13.1 Å². The van der Waals surface area contributed by atoms with Crippen molar-refractivity contribution in [3.63, 3.8) is 0 Å². The highest BCUT2D eigenvalue weighted by Gasteiger charge is 2.39. The van der Waals surface area contributed by atoms with E-state index in [-0.39, 0.29) is 23.2 Å². The fraction of sp³-hybridized carbons (Fsp3) is 0.421. The number of nitrogens with one attached hydrogen (secondary N) is 2. The second-order valence-corrected chi connectivity index (χ2v) is 10.2. The lowest BCUT2D eigenvalue weighted by atomic mass is 9.83. The molecule has 4 heterocycles. The van der Waals surface area contributed by atoms with Gasteiger partial charge in [-0.3, -0.25) is 9.59 Å². The summed E-state index contributed by atoms with van der Waals surface area (Å²) in [4.78, 5) is 26.5. The molecule has 0 spiro atoms. The second-order valence-electron chi connectivity index (χ2n) is 7.48.